The van der Waals surface area contributed by atoms with Crippen LogP contribution in [0.4, 0.5) is 0 Å². The molecule has 0 amide bonds. The van der Waals surface area contributed by atoms with E-state index in [1.807, 2.05) is 0 Å². The molecule has 0 nitrogen and oxygen atoms in total. The van der Waals surface area contributed by atoms with E-state index in [4.69, 9.17) is 0 Å². The van der Waals surface area contributed by atoms with Gasteiger partial charge in [0.25, 0.3) is 0 Å². The summed E-state index contributed by atoms with van der Waals surface area (Å²) in [6, 6.07) is 0. The largest absolute Gasteiger partial charge is 4.00 e. The zero-order chi connectivity index (χ0) is 19.0. The van der Waals surface area contributed by atoms with Crippen molar-refractivity contribution in [2.75, 3.05) is 0 Å². The number of hydrogen-bond acceptors (Lipinski definition) is 0. The molecule has 0 aromatic heterocycles. The first-order chi connectivity index (χ1) is 12.8. The fourth-order valence-corrected chi connectivity index (χ4v) is 3.74. The molecule has 2 rings (SSSR count). The summed E-state index contributed by atoms with van der Waals surface area (Å²) in [6.45, 7) is 9.01. The molecule has 2 aliphatic rings. The second-order valence-corrected chi connectivity index (χ2v) is 7.51. The summed E-state index contributed by atoms with van der Waals surface area (Å²) in [6.07, 6.45) is 29.5. The number of halogens is 2. The van der Waals surface area contributed by atoms with E-state index in [2.05, 4.69) is 52.0 Å². The molecule has 164 valence electrons. The molecule has 0 aromatic carbocycles. The van der Waals surface area contributed by atoms with E-state index in [-0.39, 0.29) is 51.0 Å². The van der Waals surface area contributed by atoms with Gasteiger partial charge in [-0.3, -0.25) is 12.2 Å². The molecular weight excluding hydrogens is 474 g/mol. The Labute approximate surface area is 214 Å². The van der Waals surface area contributed by atoms with Gasteiger partial charge in [-0.15, -0.1) is 12.8 Å². The van der Waals surface area contributed by atoms with Crippen molar-refractivity contribution in [3.05, 3.63) is 46.6 Å². The van der Waals surface area contributed by atoms with Crippen molar-refractivity contribution in [1.82, 2.24) is 0 Å². The Morgan fingerprint density at radius 3 is 1.31 bits per heavy atom. The molecule has 0 aliphatic heterocycles. The normalized spacial score (nSPS) is 14.2. The first-order valence-corrected chi connectivity index (χ1v) is 11.3. The third kappa shape index (κ3) is 15.0. The fourth-order valence-electron chi connectivity index (χ4n) is 3.74. The van der Waals surface area contributed by atoms with Gasteiger partial charge in [0.15, 0.2) is 0 Å². The van der Waals surface area contributed by atoms with Gasteiger partial charge in [-0.2, -0.15) is 23.3 Å². The average Bonchev–Trinajstić information content (AvgIpc) is 3.31. The van der Waals surface area contributed by atoms with Crippen molar-refractivity contribution in [1.29, 1.82) is 0 Å². The number of unbranched alkanes of at least 4 members (excludes halogenated alkanes) is 6. The molecule has 0 N–H and O–H groups in total. The van der Waals surface area contributed by atoms with Crippen molar-refractivity contribution in [2.45, 2.75) is 118 Å². The van der Waals surface area contributed by atoms with Crippen LogP contribution in [0.25, 0.3) is 0 Å². The predicted octanol–water partition coefficient (Wildman–Crippen LogP) is 2.86. The molecule has 0 saturated carbocycles. The van der Waals surface area contributed by atoms with Crippen LogP contribution in [0.15, 0.2) is 34.4 Å². The number of rotatable bonds is 12. The van der Waals surface area contributed by atoms with Crippen molar-refractivity contribution in [3.8, 4) is 0 Å². The summed E-state index contributed by atoms with van der Waals surface area (Å²) in [4.78, 5) is 0. The summed E-state index contributed by atoms with van der Waals surface area (Å²) in [5.41, 5.74) is 6.13. The Balaban J connectivity index is -0.000000422. The van der Waals surface area contributed by atoms with Gasteiger partial charge in [-0.05, 0) is 0 Å². The summed E-state index contributed by atoms with van der Waals surface area (Å²) in [7, 11) is 0. The van der Waals surface area contributed by atoms with Gasteiger partial charge in [-0.25, -0.2) is 11.1 Å². The van der Waals surface area contributed by atoms with Gasteiger partial charge >= 0.3 is 26.2 Å². The molecule has 0 atom stereocenters. The standard InChI is InChI=1S/2C13H21.2ClH.Zr/c2*1-3-5-6-7-9-13-11-8-10-12(13)4-2;;;/h2*10H,3-9H2,1-2H3;2*1H;/q2*-1;;;+4/p-2. The molecule has 0 radical (unpaired) electrons. The predicted molar refractivity (Wildman–Crippen MR) is 117 cm³/mol. The summed E-state index contributed by atoms with van der Waals surface area (Å²) in [5, 5.41) is 0. The van der Waals surface area contributed by atoms with Crippen LogP contribution in [0, 0.1) is 12.2 Å². The van der Waals surface area contributed by atoms with Gasteiger partial charge < -0.3 is 24.8 Å². The maximum atomic E-state index is 3.46. The van der Waals surface area contributed by atoms with E-state index >= 15 is 0 Å². The third-order valence-electron chi connectivity index (χ3n) is 5.43. The molecule has 0 heterocycles. The molecule has 2 aliphatic carbocycles. The van der Waals surface area contributed by atoms with Crippen LogP contribution >= 0.6 is 0 Å². The molecular formula is C26H42Cl2Zr. The first-order valence-electron chi connectivity index (χ1n) is 11.3. The van der Waals surface area contributed by atoms with Crippen molar-refractivity contribution >= 4 is 0 Å². The molecule has 0 saturated heterocycles. The molecule has 29 heavy (non-hydrogen) atoms. The van der Waals surface area contributed by atoms with Gasteiger partial charge in [0.2, 0.25) is 0 Å². The fraction of sp³-hybridized carbons (Fsp3) is 0.692. The summed E-state index contributed by atoms with van der Waals surface area (Å²) < 4.78 is 0. The maximum absolute atomic E-state index is 3.46. The van der Waals surface area contributed by atoms with Crippen LogP contribution < -0.4 is 24.8 Å². The van der Waals surface area contributed by atoms with Crippen LogP contribution in [0.2, 0.25) is 0 Å². The van der Waals surface area contributed by atoms with Crippen LogP contribution in [0.1, 0.15) is 118 Å². The van der Waals surface area contributed by atoms with Gasteiger partial charge in [-0.1, -0.05) is 105 Å². The zero-order valence-electron chi connectivity index (χ0n) is 19.3. The number of allylic oxidation sites excluding steroid dienone is 8. The Bertz CT molecular complexity index is 455. The SMILES string of the molecule is CCCCCCC1=[C-]CC=C1CC.CCCCCCC1=[C-]CC=C1CC.[Cl-].[Cl-].[Zr+4]. The maximum Gasteiger partial charge on any atom is 4.00 e. The Morgan fingerprint density at radius 1 is 0.621 bits per heavy atom. The molecule has 0 fully saturated rings. The molecule has 0 aromatic rings. The van der Waals surface area contributed by atoms with Crippen molar-refractivity contribution in [3.63, 3.8) is 0 Å². The smallest absolute Gasteiger partial charge is 1.00 e. The van der Waals surface area contributed by atoms with Crippen molar-refractivity contribution in [2.24, 2.45) is 0 Å². The van der Waals surface area contributed by atoms with E-state index in [1.54, 1.807) is 11.1 Å². The third-order valence-corrected chi connectivity index (χ3v) is 5.43. The summed E-state index contributed by atoms with van der Waals surface area (Å²) in [5.74, 6) is 0. The Kier molecular flexibility index (Phi) is 27.1. The van der Waals surface area contributed by atoms with E-state index in [9.17, 15) is 0 Å². The van der Waals surface area contributed by atoms with Crippen LogP contribution in [-0.2, 0) is 26.2 Å². The molecule has 0 unspecified atom stereocenters. The van der Waals surface area contributed by atoms with Crippen molar-refractivity contribution < 1.29 is 51.0 Å². The second kappa shape index (κ2) is 23.1. The summed E-state index contributed by atoms with van der Waals surface area (Å²) >= 11 is 0. The molecule has 0 bridgehead atoms. The van der Waals surface area contributed by atoms with Crippen LogP contribution in [-0.4, -0.2) is 0 Å². The van der Waals surface area contributed by atoms with Crippen LogP contribution in [0.5, 0.6) is 0 Å². The van der Waals surface area contributed by atoms with E-state index < -0.39 is 0 Å². The Hall–Kier alpha value is 0.423. The Morgan fingerprint density at radius 2 is 1.00 bits per heavy atom. The molecule has 3 heteroatoms. The average molecular weight is 517 g/mol. The van der Waals surface area contributed by atoms with Crippen LogP contribution in [0.3, 0.4) is 0 Å². The van der Waals surface area contributed by atoms with E-state index in [0.29, 0.717) is 0 Å². The topological polar surface area (TPSA) is 0 Å². The minimum Gasteiger partial charge on any atom is -1.00 e. The van der Waals surface area contributed by atoms with E-state index in [1.165, 1.54) is 88.2 Å². The van der Waals surface area contributed by atoms with E-state index in [0.717, 1.165) is 12.8 Å². The minimum absolute atomic E-state index is 0. The first kappa shape index (κ1) is 34.0. The molecule has 0 spiro atoms. The van der Waals surface area contributed by atoms with Gasteiger partial charge in [0.1, 0.15) is 0 Å². The van der Waals surface area contributed by atoms with Gasteiger partial charge in [0.05, 0.1) is 0 Å². The second-order valence-electron chi connectivity index (χ2n) is 7.51. The number of hydrogen-bond donors (Lipinski definition) is 0. The quantitative estimate of drug-likeness (QED) is 0.277. The van der Waals surface area contributed by atoms with Gasteiger partial charge in [0, 0.05) is 0 Å². The zero-order valence-corrected chi connectivity index (χ0v) is 23.3. The minimum atomic E-state index is 0. The monoisotopic (exact) mass is 514 g/mol.